The third-order valence-corrected chi connectivity index (χ3v) is 2.04. The van der Waals surface area contributed by atoms with E-state index in [-0.39, 0.29) is 18.1 Å². The lowest BCUT2D eigenvalue weighted by atomic mass is 10.2. The van der Waals surface area contributed by atoms with E-state index in [4.69, 9.17) is 10.8 Å². The normalized spacial score (nSPS) is 37.2. The van der Waals surface area contributed by atoms with Crippen LogP contribution in [0.15, 0.2) is 0 Å². The summed E-state index contributed by atoms with van der Waals surface area (Å²) in [6.45, 7) is 2.00. The Kier molecular flexibility index (Phi) is 1.56. The van der Waals surface area contributed by atoms with Crippen LogP contribution in [-0.4, -0.2) is 23.3 Å². The number of rotatable bonds is 2. The zero-order chi connectivity index (χ0) is 7.78. The predicted molar refractivity (Wildman–Crippen MR) is 36.3 cm³/mol. The first-order valence-corrected chi connectivity index (χ1v) is 3.27. The van der Waals surface area contributed by atoms with Crippen molar-refractivity contribution in [3.63, 3.8) is 0 Å². The van der Waals surface area contributed by atoms with Gasteiger partial charge in [0, 0.05) is 18.1 Å². The Labute approximate surface area is 59.4 Å². The second-order valence-electron chi connectivity index (χ2n) is 2.99. The van der Waals surface area contributed by atoms with Crippen molar-refractivity contribution >= 4 is 6.03 Å². The van der Waals surface area contributed by atoms with Crippen molar-refractivity contribution in [2.24, 2.45) is 11.7 Å². The summed E-state index contributed by atoms with van der Waals surface area (Å²) in [6, 6.07) is -0.515. The van der Waals surface area contributed by atoms with E-state index >= 15 is 0 Å². The van der Waals surface area contributed by atoms with E-state index in [1.807, 2.05) is 6.92 Å². The van der Waals surface area contributed by atoms with Gasteiger partial charge in [0.1, 0.15) is 0 Å². The van der Waals surface area contributed by atoms with Gasteiger partial charge in [0.2, 0.25) is 0 Å². The summed E-state index contributed by atoms with van der Waals surface area (Å²) >= 11 is 0. The Balaban J connectivity index is 2.36. The zero-order valence-corrected chi connectivity index (χ0v) is 5.92. The lowest BCUT2D eigenvalue weighted by Crippen LogP contribution is -2.40. The van der Waals surface area contributed by atoms with Crippen LogP contribution in [-0.2, 0) is 0 Å². The molecule has 1 aliphatic rings. The van der Waals surface area contributed by atoms with E-state index < -0.39 is 6.03 Å². The van der Waals surface area contributed by atoms with Crippen molar-refractivity contribution < 1.29 is 9.90 Å². The van der Waals surface area contributed by atoms with Crippen LogP contribution in [0.4, 0.5) is 4.79 Å². The van der Waals surface area contributed by atoms with Crippen LogP contribution in [0.1, 0.15) is 13.3 Å². The maximum atomic E-state index is 10.3. The van der Waals surface area contributed by atoms with Gasteiger partial charge >= 0.3 is 6.03 Å². The number of primary amides is 1. The Morgan fingerprint density at radius 2 is 2.60 bits per heavy atom. The molecule has 0 saturated heterocycles. The minimum absolute atomic E-state index is 0.122. The Bertz CT molecular complexity index is 160. The number of nitrogens with one attached hydrogen (secondary N) is 1. The van der Waals surface area contributed by atoms with E-state index in [2.05, 4.69) is 5.32 Å². The highest BCUT2D eigenvalue weighted by molar-refractivity contribution is 5.73. The molecule has 0 bridgehead atoms. The smallest absolute Gasteiger partial charge is 0.312 e. The molecular weight excluding hydrogens is 132 g/mol. The molecule has 4 N–H and O–H groups in total. The van der Waals surface area contributed by atoms with Gasteiger partial charge in [-0.2, -0.15) is 0 Å². The highest BCUT2D eigenvalue weighted by Gasteiger charge is 2.50. The number of nitrogens with two attached hydrogens (primary N) is 1. The molecule has 1 fully saturated rings. The van der Waals surface area contributed by atoms with E-state index in [1.165, 1.54) is 0 Å². The molecule has 0 aromatic rings. The molecule has 0 aromatic carbocycles. The summed E-state index contributed by atoms with van der Waals surface area (Å²) in [5, 5.41) is 11.2. The fraction of sp³-hybridized carbons (Fsp3) is 0.833. The molecule has 0 aliphatic heterocycles. The maximum Gasteiger partial charge on any atom is 0.312 e. The van der Waals surface area contributed by atoms with Crippen LogP contribution >= 0.6 is 0 Å². The standard InChI is InChI=1S/C6H12N2O2/c1-6(8-5(7)10)2-4(6)3-9/h4,9H,2-3H2,1H3,(H3,7,8,10). The summed E-state index contributed by atoms with van der Waals surface area (Å²) < 4.78 is 0. The Hall–Kier alpha value is -0.770. The SMILES string of the molecule is CC1(NC(N)=O)CC1CO. The number of hydrogen-bond donors (Lipinski definition) is 3. The number of urea groups is 1. The number of amides is 2. The molecule has 0 radical (unpaired) electrons. The Morgan fingerprint density at radius 1 is 2.00 bits per heavy atom. The van der Waals surface area contributed by atoms with Crippen molar-refractivity contribution in [2.75, 3.05) is 6.61 Å². The lowest BCUT2D eigenvalue weighted by Gasteiger charge is -2.09. The van der Waals surface area contributed by atoms with Crippen molar-refractivity contribution in [3.8, 4) is 0 Å². The molecule has 10 heavy (non-hydrogen) atoms. The highest BCUT2D eigenvalue weighted by atomic mass is 16.3. The molecular formula is C6H12N2O2. The van der Waals surface area contributed by atoms with Gasteiger partial charge in [-0.15, -0.1) is 0 Å². The van der Waals surface area contributed by atoms with E-state index in [9.17, 15) is 4.79 Å². The van der Waals surface area contributed by atoms with Crippen molar-refractivity contribution in [2.45, 2.75) is 18.9 Å². The zero-order valence-electron chi connectivity index (χ0n) is 5.92. The molecule has 2 amide bonds. The average Bonchev–Trinajstić information content (AvgIpc) is 2.39. The lowest BCUT2D eigenvalue weighted by molar-refractivity contribution is 0.236. The first-order valence-electron chi connectivity index (χ1n) is 3.27. The maximum absolute atomic E-state index is 10.3. The van der Waals surface area contributed by atoms with Crippen LogP contribution in [0.5, 0.6) is 0 Å². The van der Waals surface area contributed by atoms with Crippen molar-refractivity contribution in [3.05, 3.63) is 0 Å². The van der Waals surface area contributed by atoms with Gasteiger partial charge in [0.25, 0.3) is 0 Å². The quantitative estimate of drug-likeness (QED) is 0.485. The number of aliphatic hydroxyl groups excluding tert-OH is 1. The molecule has 0 aromatic heterocycles. The predicted octanol–water partition coefficient (Wildman–Crippen LogP) is -0.574. The number of hydrogen-bond acceptors (Lipinski definition) is 2. The average molecular weight is 144 g/mol. The number of aliphatic hydroxyl groups is 1. The van der Waals surface area contributed by atoms with Crippen molar-refractivity contribution in [1.29, 1.82) is 0 Å². The highest BCUT2D eigenvalue weighted by Crippen LogP contribution is 2.42. The van der Waals surface area contributed by atoms with Gasteiger partial charge in [0.15, 0.2) is 0 Å². The minimum Gasteiger partial charge on any atom is -0.396 e. The van der Waals surface area contributed by atoms with Crippen LogP contribution < -0.4 is 11.1 Å². The topological polar surface area (TPSA) is 75.3 Å². The first-order chi connectivity index (χ1) is 4.58. The van der Waals surface area contributed by atoms with Gasteiger partial charge in [0.05, 0.1) is 0 Å². The van der Waals surface area contributed by atoms with Crippen LogP contribution in [0.3, 0.4) is 0 Å². The molecule has 1 saturated carbocycles. The third kappa shape index (κ3) is 1.21. The second kappa shape index (κ2) is 2.12. The molecule has 2 atom stereocenters. The third-order valence-electron chi connectivity index (χ3n) is 2.04. The van der Waals surface area contributed by atoms with E-state index in [1.54, 1.807) is 0 Å². The van der Waals surface area contributed by atoms with Gasteiger partial charge in [-0.1, -0.05) is 0 Å². The molecule has 4 heteroatoms. The Morgan fingerprint density at radius 3 is 2.90 bits per heavy atom. The van der Waals surface area contributed by atoms with Crippen LogP contribution in [0.2, 0.25) is 0 Å². The van der Waals surface area contributed by atoms with Gasteiger partial charge < -0.3 is 16.2 Å². The first kappa shape index (κ1) is 7.34. The fourth-order valence-corrected chi connectivity index (χ4v) is 1.15. The summed E-state index contributed by atoms with van der Waals surface area (Å²) in [5.74, 6) is 0.194. The summed E-state index contributed by atoms with van der Waals surface area (Å²) in [7, 11) is 0. The van der Waals surface area contributed by atoms with Crippen LogP contribution in [0, 0.1) is 5.92 Å². The molecule has 1 rings (SSSR count). The summed E-state index contributed by atoms with van der Waals surface area (Å²) in [4.78, 5) is 10.3. The molecule has 0 spiro atoms. The summed E-state index contributed by atoms with van der Waals surface area (Å²) in [6.07, 6.45) is 0.826. The van der Waals surface area contributed by atoms with Gasteiger partial charge in [-0.05, 0) is 13.3 Å². The number of carbonyl (C=O) groups is 1. The fourth-order valence-electron chi connectivity index (χ4n) is 1.15. The monoisotopic (exact) mass is 144 g/mol. The second-order valence-corrected chi connectivity index (χ2v) is 2.99. The minimum atomic E-state index is -0.515. The van der Waals surface area contributed by atoms with Gasteiger partial charge in [-0.25, -0.2) is 4.79 Å². The van der Waals surface area contributed by atoms with E-state index in [0.717, 1.165) is 6.42 Å². The molecule has 2 unspecified atom stereocenters. The molecule has 1 aliphatic carbocycles. The van der Waals surface area contributed by atoms with Crippen LogP contribution in [0.25, 0.3) is 0 Å². The van der Waals surface area contributed by atoms with Crippen molar-refractivity contribution in [1.82, 2.24) is 5.32 Å². The van der Waals surface area contributed by atoms with Gasteiger partial charge in [-0.3, -0.25) is 0 Å². The summed E-state index contributed by atoms with van der Waals surface area (Å²) in [5.41, 5.74) is 4.67. The largest absolute Gasteiger partial charge is 0.396 e. The van der Waals surface area contributed by atoms with E-state index in [0.29, 0.717) is 0 Å². The molecule has 4 nitrogen and oxygen atoms in total. The molecule has 58 valence electrons. The molecule has 0 heterocycles. The number of carbonyl (C=O) groups excluding carboxylic acids is 1.